The van der Waals surface area contributed by atoms with Crippen molar-refractivity contribution in [1.29, 1.82) is 0 Å². The van der Waals surface area contributed by atoms with Gasteiger partial charge in [-0.25, -0.2) is 4.98 Å². The van der Waals surface area contributed by atoms with E-state index in [1.807, 2.05) is 6.33 Å². The highest BCUT2D eigenvalue weighted by molar-refractivity contribution is 4.96. The van der Waals surface area contributed by atoms with Crippen molar-refractivity contribution >= 4 is 0 Å². The van der Waals surface area contributed by atoms with Gasteiger partial charge in [0.25, 0.3) is 0 Å². The largest absolute Gasteiger partial charge is 0.396 e. The van der Waals surface area contributed by atoms with E-state index in [0.29, 0.717) is 13.2 Å². The van der Waals surface area contributed by atoms with Crippen molar-refractivity contribution in [3.8, 4) is 0 Å². The van der Waals surface area contributed by atoms with Crippen LogP contribution in [0.4, 0.5) is 0 Å². The normalized spacial score (nSPS) is 10.8. The lowest BCUT2D eigenvalue weighted by atomic mass is 10.2. The van der Waals surface area contributed by atoms with E-state index in [1.165, 1.54) is 6.42 Å². The quantitative estimate of drug-likeness (QED) is 0.629. The molecule has 0 unspecified atom stereocenters. The van der Waals surface area contributed by atoms with Gasteiger partial charge in [-0.2, -0.15) is 0 Å². The van der Waals surface area contributed by atoms with E-state index in [0.717, 1.165) is 37.9 Å². The molecule has 0 radical (unpaired) electrons. The molecule has 0 aliphatic heterocycles. The molecule has 1 aromatic rings. The first-order valence-electron chi connectivity index (χ1n) is 5.68. The summed E-state index contributed by atoms with van der Waals surface area (Å²) in [5.74, 6) is 0. The summed E-state index contributed by atoms with van der Waals surface area (Å²) < 4.78 is 2.12. The van der Waals surface area contributed by atoms with Crippen molar-refractivity contribution in [1.82, 2.24) is 9.55 Å². The molecule has 0 aliphatic rings. The minimum atomic E-state index is 0.311. The van der Waals surface area contributed by atoms with Gasteiger partial charge in [-0.3, -0.25) is 0 Å². The van der Waals surface area contributed by atoms with Crippen LogP contribution >= 0.6 is 0 Å². The van der Waals surface area contributed by atoms with Gasteiger partial charge in [-0.1, -0.05) is 12.8 Å². The maximum Gasteiger partial charge on any atom is 0.0949 e. The first-order valence-corrected chi connectivity index (χ1v) is 5.68. The van der Waals surface area contributed by atoms with E-state index < -0.39 is 0 Å². The standard InChI is InChI=1S/C11H21N3O/c12-6-5-11-9-14(10-13-11)7-3-1-2-4-8-15/h9-10,15H,1-8,12H2. The first-order chi connectivity index (χ1) is 7.36. The van der Waals surface area contributed by atoms with Crippen molar-refractivity contribution in [3.63, 3.8) is 0 Å². The van der Waals surface area contributed by atoms with Gasteiger partial charge in [0.1, 0.15) is 0 Å². The van der Waals surface area contributed by atoms with E-state index in [4.69, 9.17) is 10.8 Å². The first kappa shape index (κ1) is 12.2. The Kier molecular flexibility index (Phi) is 6.04. The molecule has 0 aromatic carbocycles. The Morgan fingerprint density at radius 1 is 1.27 bits per heavy atom. The molecule has 4 heteroatoms. The number of aryl methyl sites for hydroxylation is 1. The van der Waals surface area contributed by atoms with Gasteiger partial charge in [0, 0.05) is 25.8 Å². The number of unbranched alkanes of at least 4 members (excludes halogenated alkanes) is 3. The number of hydrogen-bond donors (Lipinski definition) is 2. The summed E-state index contributed by atoms with van der Waals surface area (Å²) in [5, 5.41) is 8.62. The van der Waals surface area contributed by atoms with Gasteiger partial charge < -0.3 is 15.4 Å². The number of imidazole rings is 1. The maximum atomic E-state index is 8.62. The average Bonchev–Trinajstić information content (AvgIpc) is 2.66. The molecule has 86 valence electrons. The summed E-state index contributed by atoms with van der Waals surface area (Å²) in [7, 11) is 0. The number of aliphatic hydroxyl groups is 1. The Hall–Kier alpha value is -0.870. The molecular formula is C11H21N3O. The maximum absolute atomic E-state index is 8.62. The Labute approximate surface area is 91.1 Å². The number of aromatic nitrogens is 2. The summed E-state index contributed by atoms with van der Waals surface area (Å²) >= 11 is 0. The van der Waals surface area contributed by atoms with E-state index >= 15 is 0 Å². The van der Waals surface area contributed by atoms with E-state index in [9.17, 15) is 0 Å². The third kappa shape index (κ3) is 4.95. The lowest BCUT2D eigenvalue weighted by molar-refractivity contribution is 0.282. The van der Waals surface area contributed by atoms with Crippen molar-refractivity contribution in [2.45, 2.75) is 38.6 Å². The average molecular weight is 211 g/mol. The fourth-order valence-corrected chi connectivity index (χ4v) is 1.57. The Morgan fingerprint density at radius 3 is 2.80 bits per heavy atom. The van der Waals surface area contributed by atoms with Crippen LogP contribution in [0.15, 0.2) is 12.5 Å². The molecule has 1 heterocycles. The second-order valence-electron chi connectivity index (χ2n) is 3.78. The predicted molar refractivity (Wildman–Crippen MR) is 60.5 cm³/mol. The smallest absolute Gasteiger partial charge is 0.0949 e. The van der Waals surface area contributed by atoms with Crippen LogP contribution in [0.25, 0.3) is 0 Å². The lowest BCUT2D eigenvalue weighted by Gasteiger charge is -2.01. The third-order valence-electron chi connectivity index (χ3n) is 2.41. The number of hydrogen-bond acceptors (Lipinski definition) is 3. The second-order valence-corrected chi connectivity index (χ2v) is 3.78. The topological polar surface area (TPSA) is 64.1 Å². The molecule has 15 heavy (non-hydrogen) atoms. The van der Waals surface area contributed by atoms with E-state index in [2.05, 4.69) is 15.7 Å². The molecule has 0 atom stereocenters. The number of nitrogens with zero attached hydrogens (tertiary/aromatic N) is 2. The van der Waals surface area contributed by atoms with Gasteiger partial charge >= 0.3 is 0 Å². The molecule has 0 aliphatic carbocycles. The zero-order valence-electron chi connectivity index (χ0n) is 9.23. The minimum Gasteiger partial charge on any atom is -0.396 e. The zero-order chi connectivity index (χ0) is 10.9. The van der Waals surface area contributed by atoms with Gasteiger partial charge in [-0.05, 0) is 19.4 Å². The van der Waals surface area contributed by atoms with Crippen LogP contribution < -0.4 is 5.73 Å². The van der Waals surface area contributed by atoms with Gasteiger partial charge in [-0.15, -0.1) is 0 Å². The van der Waals surface area contributed by atoms with Crippen LogP contribution in [-0.2, 0) is 13.0 Å². The number of nitrogens with two attached hydrogens (primary N) is 1. The van der Waals surface area contributed by atoms with Gasteiger partial charge in [0.2, 0.25) is 0 Å². The Morgan fingerprint density at radius 2 is 2.07 bits per heavy atom. The molecule has 1 aromatic heterocycles. The third-order valence-corrected chi connectivity index (χ3v) is 2.41. The van der Waals surface area contributed by atoms with Crippen molar-refractivity contribution in [2.75, 3.05) is 13.2 Å². The van der Waals surface area contributed by atoms with Crippen LogP contribution in [0.2, 0.25) is 0 Å². The van der Waals surface area contributed by atoms with Crippen LogP contribution in [0.5, 0.6) is 0 Å². The SMILES string of the molecule is NCCc1cn(CCCCCCO)cn1. The summed E-state index contributed by atoms with van der Waals surface area (Å²) in [6.07, 6.45) is 9.15. The van der Waals surface area contributed by atoms with Crippen LogP contribution in [0.3, 0.4) is 0 Å². The van der Waals surface area contributed by atoms with Crippen molar-refractivity contribution in [2.24, 2.45) is 5.73 Å². The fraction of sp³-hybridized carbons (Fsp3) is 0.727. The van der Waals surface area contributed by atoms with E-state index in [-0.39, 0.29) is 0 Å². The highest BCUT2D eigenvalue weighted by Crippen LogP contribution is 2.03. The molecule has 4 nitrogen and oxygen atoms in total. The number of aliphatic hydroxyl groups excluding tert-OH is 1. The summed E-state index contributed by atoms with van der Waals surface area (Å²) in [5.41, 5.74) is 6.53. The molecule has 0 spiro atoms. The van der Waals surface area contributed by atoms with Crippen molar-refractivity contribution in [3.05, 3.63) is 18.2 Å². The Balaban J connectivity index is 2.14. The highest BCUT2D eigenvalue weighted by Gasteiger charge is 1.97. The molecular weight excluding hydrogens is 190 g/mol. The molecule has 0 saturated carbocycles. The molecule has 1 rings (SSSR count). The molecule has 0 amide bonds. The highest BCUT2D eigenvalue weighted by atomic mass is 16.2. The van der Waals surface area contributed by atoms with Crippen LogP contribution in [0.1, 0.15) is 31.4 Å². The van der Waals surface area contributed by atoms with E-state index in [1.54, 1.807) is 0 Å². The van der Waals surface area contributed by atoms with Gasteiger partial charge in [0.15, 0.2) is 0 Å². The molecule has 0 fully saturated rings. The Bertz CT molecular complexity index is 260. The monoisotopic (exact) mass is 211 g/mol. The lowest BCUT2D eigenvalue weighted by Crippen LogP contribution is -2.02. The minimum absolute atomic E-state index is 0.311. The predicted octanol–water partition coefficient (Wildman–Crippen LogP) is 0.937. The summed E-state index contributed by atoms with van der Waals surface area (Å²) in [4.78, 5) is 4.26. The van der Waals surface area contributed by atoms with Crippen LogP contribution in [-0.4, -0.2) is 27.8 Å². The van der Waals surface area contributed by atoms with Crippen molar-refractivity contribution < 1.29 is 5.11 Å². The van der Waals surface area contributed by atoms with Gasteiger partial charge in [0.05, 0.1) is 12.0 Å². The zero-order valence-corrected chi connectivity index (χ0v) is 9.23. The molecule has 0 saturated heterocycles. The van der Waals surface area contributed by atoms with Crippen LogP contribution in [0, 0.1) is 0 Å². The number of rotatable bonds is 8. The summed E-state index contributed by atoms with van der Waals surface area (Å²) in [6.45, 7) is 1.99. The molecule has 3 N–H and O–H groups in total. The fourth-order valence-electron chi connectivity index (χ4n) is 1.57. The second kappa shape index (κ2) is 7.43. The molecule has 0 bridgehead atoms. The summed E-state index contributed by atoms with van der Waals surface area (Å²) in [6, 6.07) is 0.